The van der Waals surface area contributed by atoms with E-state index in [4.69, 9.17) is 31.3 Å². The van der Waals surface area contributed by atoms with Gasteiger partial charge < -0.3 is 19.7 Å². The number of hydrogen-bond donors (Lipinski definition) is 2. The van der Waals surface area contributed by atoms with Crippen molar-refractivity contribution in [1.29, 1.82) is 0 Å². The molecule has 0 spiro atoms. The lowest BCUT2D eigenvalue weighted by atomic mass is 10.2. The molecule has 2 N–H and O–H groups in total. The Kier molecular flexibility index (Phi) is 6.08. The fourth-order valence-electron chi connectivity index (χ4n) is 2.40. The summed E-state index contributed by atoms with van der Waals surface area (Å²) >= 11 is 5.63. The van der Waals surface area contributed by atoms with Crippen LogP contribution in [0.25, 0.3) is 0 Å². The normalized spacial score (nSPS) is 10.5. The fourth-order valence-corrected chi connectivity index (χ4v) is 2.51. The molecule has 0 aliphatic rings. The predicted octanol–water partition coefficient (Wildman–Crippen LogP) is 4.63. The summed E-state index contributed by atoms with van der Waals surface area (Å²) in [6.07, 6.45) is 0. The highest BCUT2D eigenvalue weighted by molar-refractivity contribution is 6.67. The molecule has 0 bridgehead atoms. The van der Waals surface area contributed by atoms with Gasteiger partial charge in [0.25, 0.3) is 5.24 Å². The maximum Gasteiger partial charge on any atom is 0.252 e. The van der Waals surface area contributed by atoms with E-state index in [9.17, 15) is 4.79 Å². The molecule has 6 heteroatoms. The first-order valence-electron chi connectivity index (χ1n) is 8.17. The van der Waals surface area contributed by atoms with Crippen LogP contribution in [0.2, 0.25) is 0 Å². The number of carbonyl (C=O) groups excluding carboxylic acids is 1. The summed E-state index contributed by atoms with van der Waals surface area (Å²) in [5.74, 6) is 1.87. The zero-order valence-corrected chi connectivity index (χ0v) is 15.0. The van der Waals surface area contributed by atoms with Gasteiger partial charge in [-0.2, -0.15) is 0 Å². The summed E-state index contributed by atoms with van der Waals surface area (Å²) in [6, 6.07) is 18.5. The van der Waals surface area contributed by atoms with E-state index < -0.39 is 5.24 Å². The molecule has 138 valence electrons. The number of rotatable bonds is 7. The minimum absolute atomic E-state index is 0.0520. The molecule has 3 aromatic carbocycles. The van der Waals surface area contributed by atoms with E-state index >= 15 is 0 Å². The summed E-state index contributed by atoms with van der Waals surface area (Å²) in [5, 5.41) is 17.6. The van der Waals surface area contributed by atoms with Gasteiger partial charge in [0.05, 0.1) is 13.2 Å². The van der Waals surface area contributed by atoms with Crippen molar-refractivity contribution in [3.05, 3.63) is 83.4 Å². The molecular weight excluding hydrogens is 368 g/mol. The second kappa shape index (κ2) is 8.68. The fraction of sp³-hybridized carbons (Fsp3) is 0.0952. The summed E-state index contributed by atoms with van der Waals surface area (Å²) < 4.78 is 11.6. The number of aliphatic hydroxyl groups excluding tert-OH is 2. The van der Waals surface area contributed by atoms with Gasteiger partial charge in [0.2, 0.25) is 0 Å². The Hall–Kier alpha value is -2.86. The number of aliphatic hydroxyl groups is 2. The number of ether oxygens (including phenoxy) is 2. The van der Waals surface area contributed by atoms with Crippen molar-refractivity contribution >= 4 is 16.8 Å². The first kappa shape index (κ1) is 18.9. The van der Waals surface area contributed by atoms with Gasteiger partial charge >= 0.3 is 0 Å². The van der Waals surface area contributed by atoms with Crippen LogP contribution in [0.15, 0.2) is 66.7 Å². The second-order valence-corrected chi connectivity index (χ2v) is 6.12. The summed E-state index contributed by atoms with van der Waals surface area (Å²) in [4.78, 5) is 11.6. The summed E-state index contributed by atoms with van der Waals surface area (Å²) in [7, 11) is 0. The molecule has 0 heterocycles. The smallest absolute Gasteiger partial charge is 0.252 e. The molecule has 0 saturated heterocycles. The van der Waals surface area contributed by atoms with Crippen molar-refractivity contribution in [3.8, 4) is 23.0 Å². The van der Waals surface area contributed by atoms with Gasteiger partial charge in [0.15, 0.2) is 0 Å². The monoisotopic (exact) mass is 384 g/mol. The second-order valence-electron chi connectivity index (χ2n) is 5.78. The van der Waals surface area contributed by atoms with Crippen LogP contribution in [-0.2, 0) is 13.2 Å². The molecule has 0 radical (unpaired) electrons. The Morgan fingerprint density at radius 3 is 1.44 bits per heavy atom. The topological polar surface area (TPSA) is 76.0 Å². The highest BCUT2D eigenvalue weighted by Gasteiger charge is 2.10. The zero-order valence-electron chi connectivity index (χ0n) is 14.3. The van der Waals surface area contributed by atoms with E-state index in [1.807, 2.05) is 0 Å². The summed E-state index contributed by atoms with van der Waals surface area (Å²) in [6.45, 7) is -0.104. The van der Waals surface area contributed by atoms with Crippen molar-refractivity contribution in [3.63, 3.8) is 0 Å². The molecule has 0 aliphatic carbocycles. The van der Waals surface area contributed by atoms with Crippen molar-refractivity contribution < 1.29 is 24.5 Å². The molecule has 0 amide bonds. The molecule has 0 atom stereocenters. The maximum atomic E-state index is 11.6. The van der Waals surface area contributed by atoms with Crippen LogP contribution >= 0.6 is 11.6 Å². The van der Waals surface area contributed by atoms with Crippen molar-refractivity contribution in [2.24, 2.45) is 0 Å². The first-order chi connectivity index (χ1) is 13.1. The van der Waals surface area contributed by atoms with Crippen LogP contribution < -0.4 is 9.47 Å². The third-order valence-corrected chi connectivity index (χ3v) is 4.01. The van der Waals surface area contributed by atoms with Crippen molar-refractivity contribution in [2.45, 2.75) is 13.2 Å². The maximum absolute atomic E-state index is 11.6. The van der Waals surface area contributed by atoms with Gasteiger partial charge in [-0.3, -0.25) is 4.79 Å². The number of hydrogen-bond acceptors (Lipinski definition) is 5. The lowest BCUT2D eigenvalue weighted by Crippen LogP contribution is -1.94. The molecule has 0 aliphatic heterocycles. The van der Waals surface area contributed by atoms with Crippen LogP contribution in [0.5, 0.6) is 23.0 Å². The van der Waals surface area contributed by atoms with Crippen LogP contribution in [0, 0.1) is 0 Å². The average Bonchev–Trinajstić information content (AvgIpc) is 2.69. The molecule has 27 heavy (non-hydrogen) atoms. The zero-order chi connectivity index (χ0) is 19.2. The van der Waals surface area contributed by atoms with Gasteiger partial charge in [0.1, 0.15) is 23.0 Å². The lowest BCUT2D eigenvalue weighted by Gasteiger charge is -2.11. The van der Waals surface area contributed by atoms with Gasteiger partial charge in [-0.25, -0.2) is 0 Å². The largest absolute Gasteiger partial charge is 0.457 e. The Labute approximate surface area is 161 Å². The lowest BCUT2D eigenvalue weighted by molar-refractivity contribution is 0.108. The molecule has 0 unspecified atom stereocenters. The third-order valence-electron chi connectivity index (χ3n) is 3.79. The van der Waals surface area contributed by atoms with Gasteiger partial charge in [-0.05, 0) is 59.1 Å². The summed E-state index contributed by atoms with van der Waals surface area (Å²) in [5.41, 5.74) is 1.77. The van der Waals surface area contributed by atoms with Crippen LogP contribution in [0.3, 0.4) is 0 Å². The Bertz CT molecular complexity index is 853. The highest BCUT2D eigenvalue weighted by atomic mass is 35.5. The molecule has 3 aromatic rings. The predicted molar refractivity (Wildman–Crippen MR) is 102 cm³/mol. The highest BCUT2D eigenvalue weighted by Crippen LogP contribution is 2.31. The Morgan fingerprint density at radius 2 is 1.11 bits per heavy atom. The van der Waals surface area contributed by atoms with Crippen LogP contribution in [0.1, 0.15) is 21.5 Å². The minimum Gasteiger partial charge on any atom is -0.457 e. The minimum atomic E-state index is -0.628. The standard InChI is InChI=1S/C21H17ClO5/c22-21(25)16-9-19(26-17-5-1-14(12-23)2-6-17)11-20(10-16)27-18-7-3-15(13-24)4-8-18/h1-11,23-24H,12-13H2. The van der Waals surface area contributed by atoms with E-state index in [0.717, 1.165) is 11.1 Å². The van der Waals surface area contributed by atoms with Gasteiger partial charge in [-0.15, -0.1) is 0 Å². The van der Waals surface area contributed by atoms with Gasteiger partial charge in [-0.1, -0.05) is 24.3 Å². The van der Waals surface area contributed by atoms with Crippen molar-refractivity contribution in [2.75, 3.05) is 0 Å². The number of carbonyl (C=O) groups is 1. The number of halogens is 1. The molecule has 5 nitrogen and oxygen atoms in total. The van der Waals surface area contributed by atoms with Crippen LogP contribution in [0.4, 0.5) is 0 Å². The SMILES string of the molecule is O=C(Cl)c1cc(Oc2ccc(CO)cc2)cc(Oc2ccc(CO)cc2)c1. The molecular formula is C21H17ClO5. The van der Waals surface area contributed by atoms with Crippen molar-refractivity contribution in [1.82, 2.24) is 0 Å². The van der Waals surface area contributed by atoms with E-state index in [-0.39, 0.29) is 18.8 Å². The van der Waals surface area contributed by atoms with Gasteiger partial charge in [0, 0.05) is 11.6 Å². The molecule has 0 saturated carbocycles. The van der Waals surface area contributed by atoms with E-state index in [2.05, 4.69) is 0 Å². The van der Waals surface area contributed by atoms with Crippen LogP contribution in [-0.4, -0.2) is 15.5 Å². The Morgan fingerprint density at radius 1 is 0.704 bits per heavy atom. The number of benzene rings is 3. The molecule has 3 rings (SSSR count). The van der Waals surface area contributed by atoms with E-state index in [1.165, 1.54) is 12.1 Å². The molecule has 0 aromatic heterocycles. The third kappa shape index (κ3) is 5.08. The first-order valence-corrected chi connectivity index (χ1v) is 8.55. The average molecular weight is 385 g/mol. The van der Waals surface area contributed by atoms with E-state index in [0.29, 0.717) is 23.0 Å². The molecule has 0 fully saturated rings. The van der Waals surface area contributed by atoms with E-state index in [1.54, 1.807) is 54.6 Å². The quantitative estimate of drug-likeness (QED) is 0.580. The Balaban J connectivity index is 1.85.